The quantitative estimate of drug-likeness (QED) is 0.522. The van der Waals surface area contributed by atoms with Gasteiger partial charge in [0.1, 0.15) is 18.2 Å². The molecule has 1 saturated carbocycles. The van der Waals surface area contributed by atoms with E-state index in [1.54, 1.807) is 12.1 Å². The first kappa shape index (κ1) is 19.7. The monoisotopic (exact) mass is 432 g/mol. The average Bonchev–Trinajstić information content (AvgIpc) is 3.47. The highest BCUT2D eigenvalue weighted by Gasteiger charge is 2.30. The molecule has 0 unspecified atom stereocenters. The zero-order valence-electron chi connectivity index (χ0n) is 15.3. The fraction of sp³-hybridized carbons (Fsp3) is 0.250. The summed E-state index contributed by atoms with van der Waals surface area (Å²) >= 11 is 7.45. The number of carbonyl (C=O) groups is 1. The van der Waals surface area contributed by atoms with E-state index in [2.05, 4.69) is 15.5 Å². The minimum Gasteiger partial charge on any atom is -0.484 e. The van der Waals surface area contributed by atoms with Gasteiger partial charge in [0.2, 0.25) is 5.91 Å². The second-order valence-electron chi connectivity index (χ2n) is 6.56. The summed E-state index contributed by atoms with van der Waals surface area (Å²) in [4.78, 5) is 12.2. The van der Waals surface area contributed by atoms with Crippen molar-refractivity contribution < 1.29 is 13.9 Å². The van der Waals surface area contributed by atoms with Gasteiger partial charge >= 0.3 is 0 Å². The van der Waals surface area contributed by atoms with Crippen molar-refractivity contribution in [2.75, 3.05) is 11.1 Å². The fourth-order valence-corrected chi connectivity index (χ4v) is 3.78. The van der Waals surface area contributed by atoms with Crippen LogP contribution in [0.25, 0.3) is 0 Å². The summed E-state index contributed by atoms with van der Waals surface area (Å²) in [6.07, 6.45) is 2.10. The van der Waals surface area contributed by atoms with Crippen molar-refractivity contribution in [1.29, 1.82) is 0 Å². The number of nitrogens with one attached hydrogen (secondary N) is 1. The number of thioether (sulfide) groups is 1. The first-order valence-corrected chi connectivity index (χ1v) is 10.5. The molecule has 0 saturated heterocycles. The third-order valence-corrected chi connectivity index (χ3v) is 5.56. The molecule has 29 heavy (non-hydrogen) atoms. The Balaban J connectivity index is 1.38. The Morgan fingerprint density at radius 1 is 1.21 bits per heavy atom. The minimum atomic E-state index is -0.346. The Morgan fingerprint density at radius 3 is 2.69 bits per heavy atom. The predicted octanol–water partition coefficient (Wildman–Crippen LogP) is 4.72. The second-order valence-corrected chi connectivity index (χ2v) is 7.91. The van der Waals surface area contributed by atoms with Crippen LogP contribution in [0.3, 0.4) is 0 Å². The van der Waals surface area contributed by atoms with Crippen molar-refractivity contribution in [2.45, 2.75) is 30.6 Å². The molecule has 1 aromatic heterocycles. The molecule has 2 aromatic carbocycles. The Labute approximate surface area is 176 Å². The van der Waals surface area contributed by atoms with Crippen LogP contribution in [0.15, 0.2) is 53.7 Å². The summed E-state index contributed by atoms with van der Waals surface area (Å²) < 4.78 is 20.8. The molecule has 1 aliphatic carbocycles. The molecule has 0 spiro atoms. The van der Waals surface area contributed by atoms with Crippen LogP contribution in [0.2, 0.25) is 5.02 Å². The fourth-order valence-electron chi connectivity index (χ4n) is 2.77. The van der Waals surface area contributed by atoms with E-state index in [1.807, 2.05) is 16.7 Å². The highest BCUT2D eigenvalue weighted by molar-refractivity contribution is 7.99. The Kier molecular flexibility index (Phi) is 6.01. The highest BCUT2D eigenvalue weighted by Crippen LogP contribution is 2.39. The summed E-state index contributed by atoms with van der Waals surface area (Å²) in [5.41, 5.74) is 0.550. The Bertz CT molecular complexity index is 1010. The second kappa shape index (κ2) is 8.84. The van der Waals surface area contributed by atoms with Gasteiger partial charge in [-0.2, -0.15) is 0 Å². The van der Waals surface area contributed by atoms with Crippen molar-refractivity contribution in [2.24, 2.45) is 0 Å². The lowest BCUT2D eigenvalue weighted by Gasteiger charge is -2.11. The van der Waals surface area contributed by atoms with E-state index in [0.717, 1.165) is 12.8 Å². The van der Waals surface area contributed by atoms with Crippen molar-refractivity contribution in [3.8, 4) is 5.75 Å². The van der Waals surface area contributed by atoms with Gasteiger partial charge < -0.3 is 10.1 Å². The van der Waals surface area contributed by atoms with Crippen molar-refractivity contribution in [1.82, 2.24) is 14.8 Å². The number of amides is 1. The maximum Gasteiger partial charge on any atom is 0.234 e. The van der Waals surface area contributed by atoms with Gasteiger partial charge in [-0.25, -0.2) is 4.39 Å². The number of hydrogen-bond donors (Lipinski definition) is 1. The lowest BCUT2D eigenvalue weighted by Crippen LogP contribution is -2.15. The van der Waals surface area contributed by atoms with E-state index in [-0.39, 0.29) is 24.1 Å². The van der Waals surface area contributed by atoms with Crippen LogP contribution >= 0.6 is 23.4 Å². The molecule has 0 bridgehead atoms. The normalized spacial score (nSPS) is 13.3. The van der Waals surface area contributed by atoms with E-state index in [4.69, 9.17) is 16.3 Å². The molecule has 0 radical (unpaired) electrons. The van der Waals surface area contributed by atoms with Crippen LogP contribution in [0.5, 0.6) is 5.75 Å². The van der Waals surface area contributed by atoms with E-state index in [1.165, 1.54) is 36.0 Å². The molecular weight excluding hydrogens is 415 g/mol. The lowest BCUT2D eigenvalue weighted by molar-refractivity contribution is -0.113. The summed E-state index contributed by atoms with van der Waals surface area (Å²) in [7, 11) is 0. The number of hydrogen-bond acceptors (Lipinski definition) is 5. The molecule has 1 N–H and O–H groups in total. The number of carbonyl (C=O) groups excluding carboxylic acids is 1. The van der Waals surface area contributed by atoms with E-state index in [9.17, 15) is 9.18 Å². The number of halogens is 2. The van der Waals surface area contributed by atoms with Gasteiger partial charge in [0, 0.05) is 11.7 Å². The number of anilines is 1. The summed E-state index contributed by atoms with van der Waals surface area (Å²) in [6.45, 7) is 0.246. The SMILES string of the molecule is O=C(CSc1nnc(COc2ccccc2Cl)n1C1CC1)Nc1ccc(F)cc1. The van der Waals surface area contributed by atoms with E-state index < -0.39 is 0 Å². The topological polar surface area (TPSA) is 69.0 Å². The molecule has 3 aromatic rings. The largest absolute Gasteiger partial charge is 0.484 e. The van der Waals surface area contributed by atoms with E-state index >= 15 is 0 Å². The van der Waals surface area contributed by atoms with Crippen molar-refractivity contribution >= 4 is 35.0 Å². The zero-order chi connectivity index (χ0) is 20.2. The third-order valence-electron chi connectivity index (χ3n) is 4.30. The maximum atomic E-state index is 13.0. The van der Waals surface area contributed by atoms with Crippen LogP contribution in [0, 0.1) is 5.82 Å². The van der Waals surface area contributed by atoms with Crippen molar-refractivity contribution in [3.05, 3.63) is 65.2 Å². The van der Waals surface area contributed by atoms with Crippen LogP contribution in [-0.2, 0) is 11.4 Å². The van der Waals surface area contributed by atoms with Gasteiger partial charge in [-0.3, -0.25) is 9.36 Å². The smallest absolute Gasteiger partial charge is 0.234 e. The minimum absolute atomic E-state index is 0.174. The summed E-state index contributed by atoms with van der Waals surface area (Å²) in [6, 6.07) is 13.2. The molecule has 0 atom stereocenters. The average molecular weight is 433 g/mol. The number of benzene rings is 2. The third kappa shape index (κ3) is 5.07. The predicted molar refractivity (Wildman–Crippen MR) is 110 cm³/mol. The first-order chi connectivity index (χ1) is 14.1. The number of ether oxygens (including phenoxy) is 1. The van der Waals surface area contributed by atoms with E-state index in [0.29, 0.717) is 33.5 Å². The van der Waals surface area contributed by atoms with Crippen molar-refractivity contribution in [3.63, 3.8) is 0 Å². The molecule has 0 aliphatic heterocycles. The number of para-hydroxylation sites is 1. The van der Waals surface area contributed by atoms with Crippen LogP contribution in [0.1, 0.15) is 24.7 Å². The first-order valence-electron chi connectivity index (χ1n) is 9.09. The molecule has 1 aliphatic rings. The van der Waals surface area contributed by atoms with Gasteiger partial charge in [-0.1, -0.05) is 35.5 Å². The lowest BCUT2D eigenvalue weighted by atomic mass is 10.3. The number of aromatic nitrogens is 3. The van der Waals surface area contributed by atoms with Crippen LogP contribution in [0.4, 0.5) is 10.1 Å². The van der Waals surface area contributed by atoms with Gasteiger partial charge in [0.05, 0.1) is 10.8 Å². The van der Waals surface area contributed by atoms with Crippen LogP contribution in [-0.4, -0.2) is 26.4 Å². The number of rotatable bonds is 8. The molecule has 1 amide bonds. The maximum absolute atomic E-state index is 13.0. The molecule has 6 nitrogen and oxygen atoms in total. The molecule has 150 valence electrons. The molecule has 9 heteroatoms. The summed E-state index contributed by atoms with van der Waals surface area (Å²) in [5.74, 6) is 0.927. The highest BCUT2D eigenvalue weighted by atomic mass is 35.5. The Hall–Kier alpha value is -2.58. The zero-order valence-corrected chi connectivity index (χ0v) is 16.9. The number of nitrogens with zero attached hydrogens (tertiary/aromatic N) is 3. The molecule has 4 rings (SSSR count). The molecular formula is C20H18ClFN4O2S. The Morgan fingerprint density at radius 2 is 1.97 bits per heavy atom. The standard InChI is InChI=1S/C20H18ClFN4O2S/c21-16-3-1-2-4-17(16)28-11-18-24-25-20(26(18)15-9-10-15)29-12-19(27)23-14-7-5-13(22)6-8-14/h1-8,15H,9-12H2,(H,23,27). The van der Waals surface area contributed by atoms with Gasteiger partial charge in [-0.05, 0) is 49.2 Å². The van der Waals surface area contributed by atoms with Gasteiger partial charge in [0.15, 0.2) is 11.0 Å². The van der Waals surface area contributed by atoms with Crippen LogP contribution < -0.4 is 10.1 Å². The van der Waals surface area contributed by atoms with Gasteiger partial charge in [0.25, 0.3) is 0 Å². The van der Waals surface area contributed by atoms with Gasteiger partial charge in [-0.15, -0.1) is 10.2 Å². The molecule has 1 heterocycles. The molecule has 1 fully saturated rings. The summed E-state index contributed by atoms with van der Waals surface area (Å²) in [5, 5.41) is 12.4.